The van der Waals surface area contributed by atoms with Crippen molar-refractivity contribution in [3.63, 3.8) is 0 Å². The van der Waals surface area contributed by atoms with Crippen LogP contribution in [0.4, 0.5) is 0 Å². The first-order chi connectivity index (χ1) is 18.9. The number of carboxylic acid groups (broad SMARTS) is 1. The van der Waals surface area contributed by atoms with Gasteiger partial charge in [-0.25, -0.2) is 9.78 Å². The number of piperidine rings is 2. The van der Waals surface area contributed by atoms with Crippen LogP contribution in [0.15, 0.2) is 34.2 Å². The van der Waals surface area contributed by atoms with E-state index >= 15 is 0 Å². The van der Waals surface area contributed by atoms with Crippen LogP contribution < -0.4 is 11.3 Å². The quantitative estimate of drug-likeness (QED) is 0.410. The van der Waals surface area contributed by atoms with Gasteiger partial charge in [0.2, 0.25) is 6.61 Å². The van der Waals surface area contributed by atoms with Crippen LogP contribution in [-0.2, 0) is 14.4 Å². The van der Waals surface area contributed by atoms with Gasteiger partial charge in [0.15, 0.2) is 11.4 Å². The van der Waals surface area contributed by atoms with Crippen molar-refractivity contribution < 1.29 is 19.5 Å². The van der Waals surface area contributed by atoms with E-state index in [0.29, 0.717) is 29.2 Å². The lowest BCUT2D eigenvalue weighted by Crippen LogP contribution is -2.58. The molecule has 4 aliphatic rings. The highest BCUT2D eigenvalue weighted by Gasteiger charge is 2.45. The van der Waals surface area contributed by atoms with Crippen molar-refractivity contribution in [2.45, 2.75) is 94.8 Å². The van der Waals surface area contributed by atoms with E-state index < -0.39 is 29.8 Å². The number of aromatic nitrogens is 2. The van der Waals surface area contributed by atoms with E-state index in [1.807, 2.05) is 18.2 Å². The van der Waals surface area contributed by atoms with Crippen LogP contribution in [-0.4, -0.2) is 61.9 Å². The van der Waals surface area contributed by atoms with Crippen LogP contribution >= 0.6 is 0 Å². The molecule has 10 heteroatoms. The Kier molecular flexibility index (Phi) is 7.14. The number of hydrogen-bond acceptors (Lipinski definition) is 7. The van der Waals surface area contributed by atoms with Gasteiger partial charge in [0.1, 0.15) is 0 Å². The molecule has 4 fully saturated rings. The molecular weight excluding hydrogens is 498 g/mol. The molecule has 4 unspecified atom stereocenters. The number of carbonyl (C=O) groups excluding carboxylic acids is 1. The molecule has 3 N–H and O–H groups in total. The van der Waals surface area contributed by atoms with Gasteiger partial charge in [0, 0.05) is 24.2 Å². The number of para-hydroxylation sites is 2. The van der Waals surface area contributed by atoms with Crippen LogP contribution in [0, 0.1) is 11.8 Å². The molecule has 4 bridgehead atoms. The lowest BCUT2D eigenvalue weighted by molar-refractivity contribution is -0.142. The molecule has 4 atom stereocenters. The van der Waals surface area contributed by atoms with Crippen molar-refractivity contribution in [2.75, 3.05) is 6.61 Å². The van der Waals surface area contributed by atoms with Crippen molar-refractivity contribution in [3.8, 4) is 0 Å². The highest BCUT2D eigenvalue weighted by molar-refractivity contribution is 6.44. The summed E-state index contributed by atoms with van der Waals surface area (Å²) in [6.07, 6.45) is 13.4. The summed E-state index contributed by atoms with van der Waals surface area (Å²) in [7, 11) is 0. The fourth-order valence-corrected chi connectivity index (χ4v) is 8.16. The zero-order chi connectivity index (χ0) is 27.1. The van der Waals surface area contributed by atoms with E-state index in [9.17, 15) is 14.4 Å². The summed E-state index contributed by atoms with van der Waals surface area (Å²) in [6.45, 7) is -0.761. The molecule has 3 heterocycles. The maximum Gasteiger partial charge on any atom is 0.344 e. The fourth-order valence-electron chi connectivity index (χ4n) is 8.16. The van der Waals surface area contributed by atoms with Crippen LogP contribution in [0.3, 0.4) is 0 Å². The topological polar surface area (TPSA) is 140 Å². The number of carboxylic acids is 1. The molecule has 10 nitrogen and oxygen atoms in total. The molecule has 208 valence electrons. The number of benzene rings is 1. The molecule has 6 rings (SSSR count). The number of nitrogens with two attached hydrogens (primary N) is 1. The lowest BCUT2D eigenvalue weighted by Gasteiger charge is -2.55. The molecule has 2 saturated carbocycles. The monoisotopic (exact) mass is 535 g/mol. The van der Waals surface area contributed by atoms with Gasteiger partial charge in [-0.2, -0.15) is 0 Å². The molecule has 0 radical (unpaired) electrons. The Morgan fingerprint density at radius 3 is 2.28 bits per heavy atom. The third-order valence-electron chi connectivity index (χ3n) is 9.49. The third kappa shape index (κ3) is 5.06. The van der Waals surface area contributed by atoms with Crippen LogP contribution in [0.25, 0.3) is 11.0 Å². The van der Waals surface area contributed by atoms with Gasteiger partial charge in [-0.3, -0.25) is 14.5 Å². The second kappa shape index (κ2) is 10.7. The number of oxime groups is 1. The van der Waals surface area contributed by atoms with Crippen LogP contribution in [0.1, 0.15) is 82.4 Å². The molecule has 1 aromatic carbocycles. The Morgan fingerprint density at radius 2 is 1.62 bits per heavy atom. The Bertz CT molecular complexity index is 1330. The Labute approximate surface area is 227 Å². The van der Waals surface area contributed by atoms with Gasteiger partial charge in [0.25, 0.3) is 11.5 Å². The van der Waals surface area contributed by atoms with Gasteiger partial charge in [-0.15, -0.1) is 0 Å². The summed E-state index contributed by atoms with van der Waals surface area (Å²) < 4.78 is 1.78. The number of carbonyl (C=O) groups is 2. The van der Waals surface area contributed by atoms with Crippen molar-refractivity contribution in [2.24, 2.45) is 22.7 Å². The minimum Gasteiger partial charge on any atom is -0.479 e. The number of fused-ring (bicyclic) bond motifs is 5. The first kappa shape index (κ1) is 26.0. The molecule has 1 aromatic heterocycles. The molecule has 2 aromatic rings. The third-order valence-corrected chi connectivity index (χ3v) is 9.49. The van der Waals surface area contributed by atoms with E-state index in [4.69, 9.17) is 15.7 Å². The second-order valence-electron chi connectivity index (χ2n) is 11.9. The van der Waals surface area contributed by atoms with Crippen molar-refractivity contribution in [3.05, 3.63) is 40.3 Å². The SMILES string of the molecule is NC(=O)/C(=N\OCC(=O)O)c1nc2ccccc2n(C2CC3CCCC(C2)N3C2CC3CCCC(C3)C2)c1=O. The highest BCUT2D eigenvalue weighted by Crippen LogP contribution is 2.47. The van der Waals surface area contributed by atoms with Gasteiger partial charge in [-0.05, 0) is 68.9 Å². The Morgan fingerprint density at radius 1 is 0.949 bits per heavy atom. The minimum atomic E-state index is -1.26. The summed E-state index contributed by atoms with van der Waals surface area (Å²) in [5.74, 6) is -0.525. The normalized spacial score (nSPS) is 31.1. The van der Waals surface area contributed by atoms with Gasteiger partial charge in [0.05, 0.1) is 11.0 Å². The molecule has 39 heavy (non-hydrogen) atoms. The maximum absolute atomic E-state index is 14.0. The molecule has 0 spiro atoms. The highest BCUT2D eigenvalue weighted by atomic mass is 16.6. The van der Waals surface area contributed by atoms with E-state index in [1.54, 1.807) is 10.6 Å². The molecular formula is C29H37N5O5. The van der Waals surface area contributed by atoms with Gasteiger partial charge >= 0.3 is 5.97 Å². The lowest BCUT2D eigenvalue weighted by atomic mass is 9.68. The Balaban J connectivity index is 1.35. The molecule has 2 saturated heterocycles. The van der Waals surface area contributed by atoms with E-state index in [1.165, 1.54) is 44.9 Å². The number of rotatable bonds is 7. The van der Waals surface area contributed by atoms with Crippen LogP contribution in [0.5, 0.6) is 0 Å². The van der Waals surface area contributed by atoms with Gasteiger partial charge < -0.3 is 20.2 Å². The first-order valence-electron chi connectivity index (χ1n) is 14.4. The number of primary amides is 1. The van der Waals surface area contributed by atoms with E-state index in [2.05, 4.69) is 15.0 Å². The Hall–Kier alpha value is -3.27. The predicted molar refractivity (Wildman–Crippen MR) is 145 cm³/mol. The molecule has 1 amide bonds. The number of aliphatic carboxylic acids is 1. The zero-order valence-corrected chi connectivity index (χ0v) is 22.2. The van der Waals surface area contributed by atoms with Crippen molar-refractivity contribution in [1.82, 2.24) is 14.5 Å². The second-order valence-corrected chi connectivity index (χ2v) is 11.9. The molecule has 2 aliphatic heterocycles. The van der Waals surface area contributed by atoms with Crippen molar-refractivity contribution in [1.29, 1.82) is 0 Å². The first-order valence-corrected chi connectivity index (χ1v) is 14.4. The summed E-state index contributed by atoms with van der Waals surface area (Å²) in [5, 5.41) is 12.5. The number of nitrogens with zero attached hydrogens (tertiary/aromatic N) is 4. The summed E-state index contributed by atoms with van der Waals surface area (Å²) in [6, 6.07) is 8.85. The van der Waals surface area contributed by atoms with Crippen molar-refractivity contribution >= 4 is 28.6 Å². The number of amides is 1. The molecule has 2 aliphatic carbocycles. The summed E-state index contributed by atoms with van der Waals surface area (Å²) in [5.41, 5.74) is 5.69. The smallest absolute Gasteiger partial charge is 0.344 e. The maximum atomic E-state index is 14.0. The zero-order valence-electron chi connectivity index (χ0n) is 22.2. The largest absolute Gasteiger partial charge is 0.479 e. The standard InChI is InChI=1S/C29H37N5O5/c30-28(37)26(32-39-16-25(35)36)27-29(38)34(24-10-2-1-9-23(24)31-27)22-14-19-7-4-8-20(15-22)33(19)21-12-17-5-3-6-18(11-17)13-21/h1-2,9-10,17-22H,3-8,11-16H2,(H2,30,37)(H,35,36)/b32-26-. The minimum absolute atomic E-state index is 0.0483. The van der Waals surface area contributed by atoms with Crippen LogP contribution in [0.2, 0.25) is 0 Å². The number of hydrogen-bond donors (Lipinski definition) is 2. The van der Waals surface area contributed by atoms with E-state index in [-0.39, 0.29) is 11.7 Å². The fraction of sp³-hybridized carbons (Fsp3) is 0.621. The summed E-state index contributed by atoms with van der Waals surface area (Å²) in [4.78, 5) is 49.2. The predicted octanol–water partition coefficient (Wildman–Crippen LogP) is 3.21. The van der Waals surface area contributed by atoms with Gasteiger partial charge in [-0.1, -0.05) is 43.0 Å². The summed E-state index contributed by atoms with van der Waals surface area (Å²) >= 11 is 0. The van der Waals surface area contributed by atoms with E-state index in [0.717, 1.165) is 37.5 Å². The average molecular weight is 536 g/mol. The average Bonchev–Trinajstić information content (AvgIpc) is 2.90.